The van der Waals surface area contributed by atoms with E-state index in [0.717, 1.165) is 67.4 Å². The average molecular weight is 488 g/mol. The second-order valence-corrected chi connectivity index (χ2v) is 10.9. The summed E-state index contributed by atoms with van der Waals surface area (Å²) in [4.78, 5) is 25.7. The zero-order chi connectivity index (χ0) is 23.7. The van der Waals surface area contributed by atoms with Gasteiger partial charge in [0.2, 0.25) is 0 Å². The molecule has 6 rings (SSSR count). The minimum absolute atomic E-state index is 0.0114. The topological polar surface area (TPSA) is 79.4 Å². The van der Waals surface area contributed by atoms with E-state index in [0.29, 0.717) is 19.3 Å². The van der Waals surface area contributed by atoms with Crippen LogP contribution in [0.5, 0.6) is 0 Å². The van der Waals surface area contributed by atoms with Gasteiger partial charge in [0, 0.05) is 41.3 Å². The Morgan fingerprint density at radius 1 is 1.00 bits per heavy atom. The first kappa shape index (κ1) is 22.4. The van der Waals surface area contributed by atoms with Gasteiger partial charge >= 0.3 is 6.03 Å². The number of morpholine rings is 1. The Morgan fingerprint density at radius 3 is 2.43 bits per heavy atom. The second kappa shape index (κ2) is 9.51. The number of nitrogens with one attached hydrogen (secondary N) is 2. The molecule has 2 heterocycles. The number of benzene rings is 2. The molecular formula is C27H29N5O2S. The molecule has 2 N–H and O–H groups in total. The fraction of sp³-hybridized carbons (Fsp3) is 0.370. The van der Waals surface area contributed by atoms with Crippen LogP contribution in [0.1, 0.15) is 31.4 Å². The van der Waals surface area contributed by atoms with Gasteiger partial charge in [-0.1, -0.05) is 18.2 Å². The normalized spacial score (nSPS) is 18.7. The van der Waals surface area contributed by atoms with Gasteiger partial charge in [0.25, 0.3) is 0 Å². The van der Waals surface area contributed by atoms with Gasteiger partial charge in [-0.25, -0.2) is 14.8 Å². The largest absolute Gasteiger partial charge is 0.378 e. The highest BCUT2D eigenvalue weighted by atomic mass is 32.2. The highest BCUT2D eigenvalue weighted by Gasteiger charge is 2.47. The van der Waals surface area contributed by atoms with Gasteiger partial charge in [-0.15, -0.1) is 11.8 Å². The maximum absolute atomic E-state index is 12.1. The van der Waals surface area contributed by atoms with Crippen LogP contribution in [0.25, 0.3) is 11.4 Å². The summed E-state index contributed by atoms with van der Waals surface area (Å²) < 4.78 is 5.56. The van der Waals surface area contributed by atoms with Crippen molar-refractivity contribution >= 4 is 29.3 Å². The molecule has 180 valence electrons. The van der Waals surface area contributed by atoms with E-state index in [1.165, 1.54) is 4.90 Å². The zero-order valence-electron chi connectivity index (χ0n) is 19.6. The predicted molar refractivity (Wildman–Crippen MR) is 139 cm³/mol. The molecule has 2 aliphatic carbocycles. The van der Waals surface area contributed by atoms with Gasteiger partial charge in [-0.3, -0.25) is 0 Å². The highest BCUT2D eigenvalue weighted by Crippen LogP contribution is 2.59. The molecule has 3 fully saturated rings. The van der Waals surface area contributed by atoms with Crippen LogP contribution in [0.2, 0.25) is 0 Å². The lowest BCUT2D eigenvalue weighted by Crippen LogP contribution is -2.37. The van der Waals surface area contributed by atoms with E-state index in [1.807, 2.05) is 36.0 Å². The first-order chi connectivity index (χ1) is 17.2. The zero-order valence-corrected chi connectivity index (χ0v) is 20.4. The number of rotatable bonds is 7. The maximum atomic E-state index is 12.1. The molecule has 0 atom stereocenters. The van der Waals surface area contributed by atoms with E-state index >= 15 is 0 Å². The van der Waals surface area contributed by atoms with E-state index in [1.54, 1.807) is 0 Å². The van der Waals surface area contributed by atoms with Crippen molar-refractivity contribution in [1.82, 2.24) is 15.3 Å². The minimum atomic E-state index is -0.151. The molecule has 0 spiro atoms. The number of hydrogen-bond acceptors (Lipinski definition) is 6. The summed E-state index contributed by atoms with van der Waals surface area (Å²) in [6, 6.07) is 20.7. The van der Waals surface area contributed by atoms with Gasteiger partial charge in [0.05, 0.1) is 23.7 Å². The van der Waals surface area contributed by atoms with Crippen molar-refractivity contribution in [1.29, 1.82) is 0 Å². The molecule has 3 aromatic rings. The molecule has 0 radical (unpaired) electrons. The van der Waals surface area contributed by atoms with Crippen molar-refractivity contribution in [3.05, 3.63) is 66.4 Å². The SMILES string of the molecule is O=C(Nc1ccc(-c2nc(N3CCOCC3)cc(C3(Sc4ccccc4)CC3)n2)cc1)NC1CC1. The summed E-state index contributed by atoms with van der Waals surface area (Å²) in [6.07, 6.45) is 4.33. The van der Waals surface area contributed by atoms with Gasteiger partial charge in [0.1, 0.15) is 5.82 Å². The third-order valence-electron chi connectivity index (χ3n) is 6.59. The quantitative estimate of drug-likeness (QED) is 0.486. The number of carbonyl (C=O) groups is 1. The third kappa shape index (κ3) is 5.28. The lowest BCUT2D eigenvalue weighted by atomic mass is 10.1. The molecule has 8 heteroatoms. The molecule has 2 amide bonds. The number of carbonyl (C=O) groups excluding carboxylic acids is 1. The van der Waals surface area contributed by atoms with Crippen LogP contribution >= 0.6 is 11.8 Å². The van der Waals surface area contributed by atoms with E-state index in [4.69, 9.17) is 14.7 Å². The number of ether oxygens (including phenoxy) is 1. The molecule has 2 saturated carbocycles. The molecule has 35 heavy (non-hydrogen) atoms. The Bertz CT molecular complexity index is 1190. The van der Waals surface area contributed by atoms with Crippen LogP contribution in [0.3, 0.4) is 0 Å². The molecule has 0 bridgehead atoms. The molecular weight excluding hydrogens is 458 g/mol. The number of anilines is 2. The molecule has 3 aliphatic rings. The van der Waals surface area contributed by atoms with Gasteiger partial charge < -0.3 is 20.3 Å². The van der Waals surface area contributed by atoms with Crippen LogP contribution in [-0.2, 0) is 9.48 Å². The first-order valence-electron chi connectivity index (χ1n) is 12.3. The maximum Gasteiger partial charge on any atom is 0.319 e. The van der Waals surface area contributed by atoms with Gasteiger partial charge in [-0.2, -0.15) is 0 Å². The van der Waals surface area contributed by atoms with Crippen LogP contribution in [0.4, 0.5) is 16.3 Å². The number of nitrogens with zero attached hydrogens (tertiary/aromatic N) is 3. The van der Waals surface area contributed by atoms with Crippen molar-refractivity contribution in [2.45, 2.75) is 41.4 Å². The summed E-state index contributed by atoms with van der Waals surface area (Å²) in [5.41, 5.74) is 2.79. The van der Waals surface area contributed by atoms with Crippen LogP contribution in [0.15, 0.2) is 65.6 Å². The van der Waals surface area contributed by atoms with Crippen molar-refractivity contribution in [3.63, 3.8) is 0 Å². The Kier molecular flexibility index (Phi) is 6.08. The predicted octanol–water partition coefficient (Wildman–Crippen LogP) is 5.05. The van der Waals surface area contributed by atoms with Crippen molar-refractivity contribution in [3.8, 4) is 11.4 Å². The smallest absolute Gasteiger partial charge is 0.319 e. The Hall–Kier alpha value is -3.10. The molecule has 7 nitrogen and oxygen atoms in total. The first-order valence-corrected chi connectivity index (χ1v) is 13.1. The third-order valence-corrected chi connectivity index (χ3v) is 8.10. The fourth-order valence-corrected chi connectivity index (χ4v) is 5.53. The van der Waals surface area contributed by atoms with Gasteiger partial charge in [-0.05, 0) is 62.1 Å². The molecule has 0 unspecified atom stereocenters. The lowest BCUT2D eigenvalue weighted by molar-refractivity contribution is 0.122. The summed E-state index contributed by atoms with van der Waals surface area (Å²) in [6.45, 7) is 3.07. The number of amides is 2. The lowest BCUT2D eigenvalue weighted by Gasteiger charge is -2.29. The molecule has 1 aromatic heterocycles. The molecule has 1 saturated heterocycles. The molecule has 2 aromatic carbocycles. The van der Waals surface area contributed by atoms with E-state index in [2.05, 4.69) is 51.9 Å². The highest BCUT2D eigenvalue weighted by molar-refractivity contribution is 8.00. The van der Waals surface area contributed by atoms with Crippen LogP contribution in [0, 0.1) is 0 Å². The van der Waals surface area contributed by atoms with E-state index in [-0.39, 0.29) is 10.8 Å². The standard InChI is InChI=1S/C27H29N5O2S/c33-26(29-21-10-11-21)28-20-8-6-19(7-9-20)25-30-23(18-24(31-25)32-14-16-34-17-15-32)27(12-13-27)35-22-4-2-1-3-5-22/h1-9,18,21H,10-17H2,(H2,28,29,33). The molecule has 1 aliphatic heterocycles. The Morgan fingerprint density at radius 2 is 1.74 bits per heavy atom. The van der Waals surface area contributed by atoms with Gasteiger partial charge in [0.15, 0.2) is 5.82 Å². The summed E-state index contributed by atoms with van der Waals surface area (Å²) in [7, 11) is 0. The average Bonchev–Trinajstić information content (AvgIpc) is 3.83. The Balaban J connectivity index is 1.29. The van der Waals surface area contributed by atoms with Crippen molar-refractivity contribution in [2.75, 3.05) is 36.5 Å². The Labute approximate surface area is 209 Å². The number of urea groups is 1. The number of aromatic nitrogens is 2. The minimum Gasteiger partial charge on any atom is -0.378 e. The summed E-state index contributed by atoms with van der Waals surface area (Å²) >= 11 is 1.90. The second-order valence-electron chi connectivity index (χ2n) is 9.39. The van der Waals surface area contributed by atoms with Crippen molar-refractivity contribution < 1.29 is 9.53 Å². The van der Waals surface area contributed by atoms with E-state index < -0.39 is 0 Å². The van der Waals surface area contributed by atoms with Crippen LogP contribution < -0.4 is 15.5 Å². The van der Waals surface area contributed by atoms with E-state index in [9.17, 15) is 4.79 Å². The van der Waals surface area contributed by atoms with Crippen LogP contribution in [-0.4, -0.2) is 48.3 Å². The monoisotopic (exact) mass is 487 g/mol. The van der Waals surface area contributed by atoms with Crippen molar-refractivity contribution in [2.24, 2.45) is 0 Å². The fourth-order valence-electron chi connectivity index (χ4n) is 4.27. The number of thioether (sulfide) groups is 1. The number of hydrogen-bond donors (Lipinski definition) is 2. The summed E-state index contributed by atoms with van der Waals surface area (Å²) in [5, 5.41) is 5.86. The summed E-state index contributed by atoms with van der Waals surface area (Å²) in [5.74, 6) is 1.68.